The van der Waals surface area contributed by atoms with E-state index in [2.05, 4.69) is 6.92 Å². The average Bonchev–Trinajstić information content (AvgIpc) is 2.41. The van der Waals surface area contributed by atoms with Crippen molar-refractivity contribution in [3.63, 3.8) is 0 Å². The van der Waals surface area contributed by atoms with Gasteiger partial charge in [0.15, 0.2) is 0 Å². The molecule has 1 heterocycles. The molecular formula is C18H35NO2. The summed E-state index contributed by atoms with van der Waals surface area (Å²) in [6.45, 7) is 7.34. The summed E-state index contributed by atoms with van der Waals surface area (Å²) in [4.78, 5) is 13.8. The maximum atomic E-state index is 12.0. The van der Waals surface area contributed by atoms with E-state index in [1.807, 2.05) is 18.7 Å². The van der Waals surface area contributed by atoms with Crippen molar-refractivity contribution < 1.29 is 9.90 Å². The zero-order chi connectivity index (χ0) is 15.7. The smallest absolute Gasteiger partial charge is 0.222 e. The number of rotatable bonds is 11. The monoisotopic (exact) mass is 297 g/mol. The van der Waals surface area contributed by atoms with Gasteiger partial charge in [-0.2, -0.15) is 0 Å². The van der Waals surface area contributed by atoms with Gasteiger partial charge in [0.2, 0.25) is 5.91 Å². The molecule has 0 aliphatic carbocycles. The van der Waals surface area contributed by atoms with E-state index in [1.54, 1.807) is 0 Å². The van der Waals surface area contributed by atoms with Crippen molar-refractivity contribution in [1.29, 1.82) is 0 Å². The molecule has 0 radical (unpaired) electrons. The first-order chi connectivity index (χ1) is 9.99. The molecule has 1 aliphatic rings. The van der Waals surface area contributed by atoms with Crippen molar-refractivity contribution in [2.45, 2.75) is 90.6 Å². The Morgan fingerprint density at radius 1 is 1.00 bits per heavy atom. The molecule has 3 heteroatoms. The van der Waals surface area contributed by atoms with E-state index >= 15 is 0 Å². The van der Waals surface area contributed by atoms with Gasteiger partial charge in [0.05, 0.1) is 13.1 Å². The zero-order valence-corrected chi connectivity index (χ0v) is 14.4. The minimum Gasteiger partial charge on any atom is -0.386 e. The van der Waals surface area contributed by atoms with E-state index in [0.717, 1.165) is 6.42 Å². The van der Waals surface area contributed by atoms with E-state index in [9.17, 15) is 9.90 Å². The SMILES string of the molecule is CCCCCCCCCCCC(=O)N1CC(O)(C(C)C)C1. The average molecular weight is 297 g/mol. The van der Waals surface area contributed by atoms with Crippen molar-refractivity contribution >= 4 is 5.91 Å². The van der Waals surface area contributed by atoms with Crippen LogP contribution in [0.1, 0.15) is 85.0 Å². The van der Waals surface area contributed by atoms with Crippen LogP contribution >= 0.6 is 0 Å². The zero-order valence-electron chi connectivity index (χ0n) is 14.4. The lowest BCUT2D eigenvalue weighted by Crippen LogP contribution is -2.65. The number of likely N-dealkylation sites (tertiary alicyclic amines) is 1. The number of amides is 1. The first-order valence-corrected chi connectivity index (χ1v) is 8.99. The molecule has 0 spiro atoms. The molecule has 3 nitrogen and oxygen atoms in total. The quantitative estimate of drug-likeness (QED) is 0.582. The number of nitrogens with zero attached hydrogens (tertiary/aromatic N) is 1. The molecule has 1 rings (SSSR count). The van der Waals surface area contributed by atoms with Crippen LogP contribution in [-0.2, 0) is 4.79 Å². The highest BCUT2D eigenvalue weighted by molar-refractivity contribution is 5.77. The highest BCUT2D eigenvalue weighted by Gasteiger charge is 2.45. The van der Waals surface area contributed by atoms with Crippen molar-refractivity contribution in [3.05, 3.63) is 0 Å². The Morgan fingerprint density at radius 3 is 1.95 bits per heavy atom. The maximum Gasteiger partial charge on any atom is 0.222 e. The van der Waals surface area contributed by atoms with Gasteiger partial charge in [-0.25, -0.2) is 0 Å². The Bertz CT molecular complexity index is 296. The van der Waals surface area contributed by atoms with Crippen LogP contribution in [0.5, 0.6) is 0 Å². The molecule has 0 unspecified atom stereocenters. The van der Waals surface area contributed by atoms with E-state index in [1.165, 1.54) is 51.4 Å². The fraction of sp³-hybridized carbons (Fsp3) is 0.944. The van der Waals surface area contributed by atoms with Crippen LogP contribution in [0.15, 0.2) is 0 Å². The highest BCUT2D eigenvalue weighted by atomic mass is 16.3. The van der Waals surface area contributed by atoms with Crippen molar-refractivity contribution in [2.75, 3.05) is 13.1 Å². The molecule has 0 bridgehead atoms. The molecule has 0 saturated carbocycles. The summed E-state index contributed by atoms with van der Waals surface area (Å²) < 4.78 is 0. The van der Waals surface area contributed by atoms with Crippen LogP contribution in [0.3, 0.4) is 0 Å². The third-order valence-corrected chi connectivity index (χ3v) is 4.85. The predicted octanol–water partition coefficient (Wildman–Crippen LogP) is 4.14. The molecule has 0 atom stereocenters. The number of hydrogen-bond acceptors (Lipinski definition) is 2. The van der Waals surface area contributed by atoms with E-state index < -0.39 is 5.60 Å². The van der Waals surface area contributed by atoms with Gasteiger partial charge in [-0.1, -0.05) is 72.1 Å². The van der Waals surface area contributed by atoms with E-state index in [-0.39, 0.29) is 11.8 Å². The van der Waals surface area contributed by atoms with E-state index in [0.29, 0.717) is 19.5 Å². The molecule has 124 valence electrons. The molecule has 0 aromatic heterocycles. The topological polar surface area (TPSA) is 40.5 Å². The van der Waals surface area contributed by atoms with Crippen LogP contribution in [0.2, 0.25) is 0 Å². The summed E-state index contributed by atoms with van der Waals surface area (Å²) in [6, 6.07) is 0. The summed E-state index contributed by atoms with van der Waals surface area (Å²) in [6.07, 6.45) is 12.2. The normalized spacial score (nSPS) is 17.1. The highest BCUT2D eigenvalue weighted by Crippen LogP contribution is 2.29. The number of aliphatic hydroxyl groups is 1. The van der Waals surface area contributed by atoms with Crippen LogP contribution in [0.25, 0.3) is 0 Å². The molecule has 21 heavy (non-hydrogen) atoms. The summed E-state index contributed by atoms with van der Waals surface area (Å²) in [5, 5.41) is 10.1. The Kier molecular flexibility index (Phi) is 8.31. The van der Waals surface area contributed by atoms with Gasteiger partial charge in [-0.3, -0.25) is 4.79 Å². The van der Waals surface area contributed by atoms with Crippen LogP contribution < -0.4 is 0 Å². The first-order valence-electron chi connectivity index (χ1n) is 8.99. The summed E-state index contributed by atoms with van der Waals surface area (Å²) >= 11 is 0. The molecular weight excluding hydrogens is 262 g/mol. The lowest BCUT2D eigenvalue weighted by molar-refractivity contribution is -0.163. The fourth-order valence-electron chi connectivity index (χ4n) is 2.90. The van der Waals surface area contributed by atoms with Gasteiger partial charge < -0.3 is 10.0 Å². The number of carbonyl (C=O) groups is 1. The Hall–Kier alpha value is -0.570. The van der Waals surface area contributed by atoms with Gasteiger partial charge in [0.1, 0.15) is 5.60 Å². The molecule has 1 N–H and O–H groups in total. The number of unbranched alkanes of at least 4 members (excludes halogenated alkanes) is 8. The Morgan fingerprint density at radius 2 is 1.48 bits per heavy atom. The molecule has 1 aliphatic heterocycles. The predicted molar refractivity (Wildman–Crippen MR) is 88.2 cm³/mol. The number of hydrogen-bond donors (Lipinski definition) is 1. The van der Waals surface area contributed by atoms with Crippen molar-refractivity contribution in [1.82, 2.24) is 4.90 Å². The van der Waals surface area contributed by atoms with Gasteiger partial charge in [-0.05, 0) is 12.3 Å². The number of carbonyl (C=O) groups excluding carboxylic acids is 1. The molecule has 1 fully saturated rings. The van der Waals surface area contributed by atoms with Gasteiger partial charge in [0.25, 0.3) is 0 Å². The second kappa shape index (κ2) is 9.45. The van der Waals surface area contributed by atoms with Gasteiger partial charge in [-0.15, -0.1) is 0 Å². The minimum absolute atomic E-state index is 0.225. The number of β-amino-alcohol motifs (C(OH)–C–C–N with tert-alkyl or cyclic N) is 1. The van der Waals surface area contributed by atoms with Crippen molar-refractivity contribution in [3.8, 4) is 0 Å². The lowest BCUT2D eigenvalue weighted by Gasteiger charge is -2.49. The Balaban J connectivity index is 1.93. The fourth-order valence-corrected chi connectivity index (χ4v) is 2.90. The van der Waals surface area contributed by atoms with Crippen LogP contribution in [0.4, 0.5) is 0 Å². The molecule has 0 aromatic rings. The van der Waals surface area contributed by atoms with Crippen LogP contribution in [-0.4, -0.2) is 34.6 Å². The van der Waals surface area contributed by atoms with Gasteiger partial charge >= 0.3 is 0 Å². The summed E-state index contributed by atoms with van der Waals surface area (Å²) in [5.74, 6) is 0.456. The van der Waals surface area contributed by atoms with Gasteiger partial charge in [0, 0.05) is 6.42 Å². The Labute approximate surface area is 131 Å². The minimum atomic E-state index is -0.631. The lowest BCUT2D eigenvalue weighted by atomic mass is 9.83. The van der Waals surface area contributed by atoms with Crippen molar-refractivity contribution in [2.24, 2.45) is 5.92 Å². The standard InChI is InChI=1S/C18H35NO2/c1-4-5-6-7-8-9-10-11-12-13-17(20)19-14-18(21,15-19)16(2)3/h16,21H,4-15H2,1-3H3. The maximum absolute atomic E-state index is 12.0. The third kappa shape index (κ3) is 6.37. The third-order valence-electron chi connectivity index (χ3n) is 4.85. The van der Waals surface area contributed by atoms with Crippen LogP contribution in [0, 0.1) is 5.92 Å². The van der Waals surface area contributed by atoms with E-state index in [4.69, 9.17) is 0 Å². The second-order valence-corrected chi connectivity index (χ2v) is 7.09. The first kappa shape index (κ1) is 18.5. The molecule has 1 saturated heterocycles. The molecule has 1 amide bonds. The largest absolute Gasteiger partial charge is 0.386 e. The summed E-state index contributed by atoms with van der Waals surface area (Å²) in [7, 11) is 0. The second-order valence-electron chi connectivity index (χ2n) is 7.09. The molecule has 0 aromatic carbocycles. The summed E-state index contributed by atoms with van der Waals surface area (Å²) in [5.41, 5.74) is -0.631.